The van der Waals surface area contributed by atoms with E-state index in [0.29, 0.717) is 0 Å². The van der Waals surface area contributed by atoms with Crippen LogP contribution >= 0.6 is 0 Å². The van der Waals surface area contributed by atoms with Crippen LogP contribution in [0, 0.1) is 0 Å². The number of nitrogens with one attached hydrogen (secondary N) is 1. The summed E-state index contributed by atoms with van der Waals surface area (Å²) in [7, 11) is 2.01. The van der Waals surface area contributed by atoms with Crippen LogP contribution in [0.2, 0.25) is 0 Å². The van der Waals surface area contributed by atoms with Crippen LogP contribution in [0.1, 0.15) is 38.3 Å². The summed E-state index contributed by atoms with van der Waals surface area (Å²) in [5.41, 5.74) is 2.86. The van der Waals surface area contributed by atoms with Crippen molar-refractivity contribution in [3.63, 3.8) is 0 Å². The molecular weight excluding hydrogens is 288 g/mol. The molecule has 0 spiro atoms. The van der Waals surface area contributed by atoms with Gasteiger partial charge >= 0.3 is 0 Å². The van der Waals surface area contributed by atoms with Gasteiger partial charge in [-0.15, -0.1) is 0 Å². The summed E-state index contributed by atoms with van der Waals surface area (Å²) >= 11 is 0. The van der Waals surface area contributed by atoms with Gasteiger partial charge < -0.3 is 5.32 Å². The van der Waals surface area contributed by atoms with Gasteiger partial charge in [-0.3, -0.25) is 9.69 Å². The number of hydrogen-bond acceptors (Lipinski definition) is 3. The third-order valence-electron chi connectivity index (χ3n) is 4.44. The molecule has 1 fully saturated rings. The number of benzene rings is 1. The zero-order valence-corrected chi connectivity index (χ0v) is 14.0. The standard InChI is InChI=1S/C18H24N4O/c1-13(2)17-15(20-18(23)16-10-7-11-21(16)3)12-19-22(17)14-8-5-4-6-9-14/h4-6,8-9,12-13,16H,7,10-11H2,1-3H3,(H,20,23). The lowest BCUT2D eigenvalue weighted by Crippen LogP contribution is -2.37. The fourth-order valence-corrected chi connectivity index (χ4v) is 3.24. The molecule has 1 unspecified atom stereocenters. The second kappa shape index (κ2) is 6.54. The Labute approximate surface area is 137 Å². The van der Waals surface area contributed by atoms with Gasteiger partial charge in [-0.2, -0.15) is 5.10 Å². The highest BCUT2D eigenvalue weighted by Gasteiger charge is 2.29. The number of likely N-dealkylation sites (N-methyl/N-ethyl adjacent to an activating group) is 1. The molecule has 5 heteroatoms. The second-order valence-corrected chi connectivity index (χ2v) is 6.47. The van der Waals surface area contributed by atoms with E-state index in [9.17, 15) is 4.79 Å². The lowest BCUT2D eigenvalue weighted by atomic mass is 10.1. The van der Waals surface area contributed by atoms with Crippen molar-refractivity contribution in [1.29, 1.82) is 0 Å². The molecule has 0 bridgehead atoms. The van der Waals surface area contributed by atoms with E-state index in [1.807, 2.05) is 42.1 Å². The van der Waals surface area contributed by atoms with Crippen LogP contribution in [0.5, 0.6) is 0 Å². The topological polar surface area (TPSA) is 50.2 Å². The van der Waals surface area contributed by atoms with Gasteiger partial charge in [-0.1, -0.05) is 32.0 Å². The number of hydrogen-bond donors (Lipinski definition) is 1. The third-order valence-corrected chi connectivity index (χ3v) is 4.44. The van der Waals surface area contributed by atoms with Crippen LogP contribution in [0.3, 0.4) is 0 Å². The molecule has 0 radical (unpaired) electrons. The lowest BCUT2D eigenvalue weighted by Gasteiger charge is -2.19. The molecule has 1 aromatic heterocycles. The second-order valence-electron chi connectivity index (χ2n) is 6.47. The van der Waals surface area contributed by atoms with Crippen molar-refractivity contribution in [2.45, 2.75) is 38.6 Å². The lowest BCUT2D eigenvalue weighted by molar-refractivity contribution is -0.119. The summed E-state index contributed by atoms with van der Waals surface area (Å²) in [6.07, 6.45) is 3.76. The Morgan fingerprint density at radius 3 is 2.65 bits per heavy atom. The molecular formula is C18H24N4O. The Morgan fingerprint density at radius 2 is 2.04 bits per heavy atom. The van der Waals surface area contributed by atoms with E-state index in [-0.39, 0.29) is 17.9 Å². The number of carbonyl (C=O) groups excluding carboxylic acids is 1. The third kappa shape index (κ3) is 3.15. The first-order valence-electron chi connectivity index (χ1n) is 8.22. The molecule has 1 amide bonds. The quantitative estimate of drug-likeness (QED) is 0.944. The molecule has 1 saturated heterocycles. The first-order chi connectivity index (χ1) is 11.1. The van der Waals surface area contributed by atoms with Crippen LogP contribution in [-0.4, -0.2) is 40.2 Å². The monoisotopic (exact) mass is 312 g/mol. The fourth-order valence-electron chi connectivity index (χ4n) is 3.24. The van der Waals surface area contributed by atoms with E-state index in [4.69, 9.17) is 0 Å². The predicted octanol–water partition coefficient (Wildman–Crippen LogP) is 3.03. The number of anilines is 1. The highest BCUT2D eigenvalue weighted by atomic mass is 16.2. The van der Waals surface area contributed by atoms with Crippen molar-refractivity contribution in [1.82, 2.24) is 14.7 Å². The highest BCUT2D eigenvalue weighted by molar-refractivity contribution is 5.95. The highest BCUT2D eigenvalue weighted by Crippen LogP contribution is 2.27. The van der Waals surface area contributed by atoms with Crippen molar-refractivity contribution in [3.05, 3.63) is 42.2 Å². The molecule has 1 aliphatic heterocycles. The number of carbonyl (C=O) groups is 1. The first kappa shape index (κ1) is 15.7. The maximum Gasteiger partial charge on any atom is 0.241 e. The molecule has 1 N–H and O–H groups in total. The summed E-state index contributed by atoms with van der Waals surface area (Å²) in [6, 6.07) is 9.99. The summed E-state index contributed by atoms with van der Waals surface area (Å²) in [4.78, 5) is 14.7. The van der Waals surface area contributed by atoms with Gasteiger partial charge in [0.15, 0.2) is 0 Å². The molecule has 2 heterocycles. The van der Waals surface area contributed by atoms with Gasteiger partial charge in [0.1, 0.15) is 0 Å². The first-order valence-corrected chi connectivity index (χ1v) is 8.22. The van der Waals surface area contributed by atoms with Gasteiger partial charge in [0.25, 0.3) is 0 Å². The van der Waals surface area contributed by atoms with E-state index < -0.39 is 0 Å². The van der Waals surface area contributed by atoms with Crippen molar-refractivity contribution in [3.8, 4) is 5.69 Å². The molecule has 3 rings (SSSR count). The van der Waals surface area contributed by atoms with Gasteiger partial charge in [-0.05, 0) is 44.5 Å². The zero-order valence-electron chi connectivity index (χ0n) is 14.0. The molecule has 1 aromatic carbocycles. The van der Waals surface area contributed by atoms with Crippen molar-refractivity contribution < 1.29 is 4.79 Å². The van der Waals surface area contributed by atoms with E-state index in [1.54, 1.807) is 6.20 Å². The van der Waals surface area contributed by atoms with Gasteiger partial charge in [0.05, 0.1) is 29.3 Å². The Hall–Kier alpha value is -2.14. The van der Waals surface area contributed by atoms with E-state index in [2.05, 4.69) is 29.2 Å². The molecule has 2 aromatic rings. The largest absolute Gasteiger partial charge is 0.322 e. The fraction of sp³-hybridized carbons (Fsp3) is 0.444. The molecule has 1 aliphatic rings. The number of para-hydroxylation sites is 1. The summed E-state index contributed by atoms with van der Waals surface area (Å²) < 4.78 is 1.92. The summed E-state index contributed by atoms with van der Waals surface area (Å²) in [6.45, 7) is 5.22. The molecule has 1 atom stereocenters. The normalized spacial score (nSPS) is 18.5. The Morgan fingerprint density at radius 1 is 1.30 bits per heavy atom. The van der Waals surface area contributed by atoms with Crippen molar-refractivity contribution in [2.24, 2.45) is 0 Å². The van der Waals surface area contributed by atoms with E-state index in [0.717, 1.165) is 36.5 Å². The van der Waals surface area contributed by atoms with Crippen LogP contribution in [-0.2, 0) is 4.79 Å². The van der Waals surface area contributed by atoms with Crippen LogP contribution < -0.4 is 5.32 Å². The van der Waals surface area contributed by atoms with Gasteiger partial charge in [-0.25, -0.2) is 4.68 Å². The maximum atomic E-state index is 12.6. The number of nitrogens with zero attached hydrogens (tertiary/aromatic N) is 3. The Bertz CT molecular complexity index is 678. The van der Waals surface area contributed by atoms with Crippen molar-refractivity contribution >= 4 is 11.6 Å². The molecule has 0 saturated carbocycles. The van der Waals surface area contributed by atoms with Gasteiger partial charge in [0, 0.05) is 0 Å². The average molecular weight is 312 g/mol. The van der Waals surface area contributed by atoms with Crippen LogP contribution in [0.25, 0.3) is 5.69 Å². The molecule has 0 aliphatic carbocycles. The number of amides is 1. The minimum absolute atomic E-state index is 0.0323. The van der Waals surface area contributed by atoms with Gasteiger partial charge in [0.2, 0.25) is 5.91 Å². The maximum absolute atomic E-state index is 12.6. The molecule has 5 nitrogen and oxygen atoms in total. The molecule has 122 valence electrons. The Balaban J connectivity index is 1.88. The smallest absolute Gasteiger partial charge is 0.241 e. The Kier molecular flexibility index (Phi) is 4.48. The predicted molar refractivity (Wildman–Crippen MR) is 91.9 cm³/mol. The van der Waals surface area contributed by atoms with E-state index >= 15 is 0 Å². The zero-order chi connectivity index (χ0) is 16.4. The molecule has 23 heavy (non-hydrogen) atoms. The summed E-state index contributed by atoms with van der Waals surface area (Å²) in [5, 5.41) is 7.59. The minimum atomic E-state index is -0.0323. The number of aromatic nitrogens is 2. The minimum Gasteiger partial charge on any atom is -0.322 e. The SMILES string of the molecule is CC(C)c1c(NC(=O)C2CCCN2C)cnn1-c1ccccc1. The van der Waals surface area contributed by atoms with Crippen molar-refractivity contribution in [2.75, 3.05) is 18.9 Å². The average Bonchev–Trinajstić information content (AvgIpc) is 3.14. The number of rotatable bonds is 4. The number of likely N-dealkylation sites (tertiary alicyclic amines) is 1. The van der Waals surface area contributed by atoms with Crippen LogP contribution in [0.15, 0.2) is 36.5 Å². The summed E-state index contributed by atoms with van der Waals surface area (Å²) in [5.74, 6) is 0.328. The van der Waals surface area contributed by atoms with E-state index in [1.165, 1.54) is 0 Å². The van der Waals surface area contributed by atoms with Crippen LogP contribution in [0.4, 0.5) is 5.69 Å².